The third-order valence-corrected chi connectivity index (χ3v) is 2.63. The van der Waals surface area contributed by atoms with Gasteiger partial charge < -0.3 is 10.6 Å². The van der Waals surface area contributed by atoms with E-state index in [9.17, 15) is 4.79 Å². The first-order valence-corrected chi connectivity index (χ1v) is 5.99. The topological polar surface area (TPSA) is 46.3 Å². The zero-order chi connectivity index (χ0) is 13.4. The molecular formula is C15H20N2O. The van der Waals surface area contributed by atoms with Crippen molar-refractivity contribution in [2.45, 2.75) is 12.5 Å². The summed E-state index contributed by atoms with van der Waals surface area (Å²) in [6, 6.07) is 9.25. The molecule has 0 spiro atoms. The molecule has 1 amide bonds. The van der Waals surface area contributed by atoms with Gasteiger partial charge >= 0.3 is 0 Å². The third kappa shape index (κ3) is 4.18. The first-order valence-electron chi connectivity index (χ1n) is 5.99. The van der Waals surface area contributed by atoms with Gasteiger partial charge in [0.15, 0.2) is 0 Å². The summed E-state index contributed by atoms with van der Waals surface area (Å²) >= 11 is 0. The van der Waals surface area contributed by atoms with Gasteiger partial charge in [-0.25, -0.2) is 0 Å². The average Bonchev–Trinajstić information content (AvgIpc) is 2.39. The molecule has 1 atom stereocenters. The monoisotopic (exact) mass is 244 g/mol. The van der Waals surface area contributed by atoms with Crippen molar-refractivity contribution < 1.29 is 4.79 Å². The standard InChI is InChI=1S/C15H20N2O/c1-3-10-17(11-4-2)15(18)14(16)12-13-8-6-5-7-9-13/h3-9,14H,1-2,10-12,16H2/t14-/m1/s1. The lowest BCUT2D eigenvalue weighted by atomic mass is 10.1. The van der Waals surface area contributed by atoms with E-state index in [1.807, 2.05) is 30.3 Å². The minimum absolute atomic E-state index is 0.0707. The fourth-order valence-corrected chi connectivity index (χ4v) is 1.76. The quantitative estimate of drug-likeness (QED) is 0.743. The van der Waals surface area contributed by atoms with Crippen molar-refractivity contribution in [2.24, 2.45) is 5.73 Å². The van der Waals surface area contributed by atoms with Crippen LogP contribution in [0.25, 0.3) is 0 Å². The highest BCUT2D eigenvalue weighted by Crippen LogP contribution is 2.04. The summed E-state index contributed by atoms with van der Waals surface area (Å²) in [6.07, 6.45) is 3.93. The molecule has 1 rings (SSSR count). The normalized spacial score (nSPS) is 11.6. The van der Waals surface area contributed by atoms with E-state index in [0.29, 0.717) is 19.5 Å². The highest BCUT2D eigenvalue weighted by Gasteiger charge is 2.19. The summed E-state index contributed by atoms with van der Waals surface area (Å²) < 4.78 is 0. The van der Waals surface area contributed by atoms with E-state index >= 15 is 0 Å². The maximum Gasteiger partial charge on any atom is 0.240 e. The number of hydrogen-bond acceptors (Lipinski definition) is 2. The van der Waals surface area contributed by atoms with E-state index in [1.54, 1.807) is 17.1 Å². The Morgan fingerprint density at radius 3 is 2.28 bits per heavy atom. The van der Waals surface area contributed by atoms with E-state index in [4.69, 9.17) is 5.73 Å². The lowest BCUT2D eigenvalue weighted by Gasteiger charge is -2.23. The Balaban J connectivity index is 2.64. The smallest absolute Gasteiger partial charge is 0.240 e. The summed E-state index contributed by atoms with van der Waals surface area (Å²) in [7, 11) is 0. The van der Waals surface area contributed by atoms with Crippen molar-refractivity contribution in [2.75, 3.05) is 13.1 Å². The maximum atomic E-state index is 12.1. The van der Waals surface area contributed by atoms with Gasteiger partial charge in [-0.15, -0.1) is 13.2 Å². The zero-order valence-electron chi connectivity index (χ0n) is 10.6. The van der Waals surface area contributed by atoms with Gasteiger partial charge in [0, 0.05) is 13.1 Å². The van der Waals surface area contributed by atoms with Crippen LogP contribution in [0.15, 0.2) is 55.6 Å². The fraction of sp³-hybridized carbons (Fsp3) is 0.267. The molecule has 1 aromatic rings. The van der Waals surface area contributed by atoms with Crippen LogP contribution in [0.4, 0.5) is 0 Å². The molecule has 0 aliphatic rings. The highest BCUT2D eigenvalue weighted by atomic mass is 16.2. The maximum absolute atomic E-state index is 12.1. The van der Waals surface area contributed by atoms with Crippen LogP contribution in [0.5, 0.6) is 0 Å². The second kappa shape index (κ2) is 7.45. The molecule has 0 aliphatic heterocycles. The predicted molar refractivity (Wildman–Crippen MR) is 75.1 cm³/mol. The molecule has 96 valence electrons. The van der Waals surface area contributed by atoms with Crippen molar-refractivity contribution in [3.05, 3.63) is 61.2 Å². The largest absolute Gasteiger partial charge is 0.334 e. The second-order valence-corrected chi connectivity index (χ2v) is 4.12. The molecule has 0 heterocycles. The van der Waals surface area contributed by atoms with Gasteiger partial charge in [-0.2, -0.15) is 0 Å². The Morgan fingerprint density at radius 2 is 1.78 bits per heavy atom. The molecular weight excluding hydrogens is 224 g/mol. The van der Waals surface area contributed by atoms with Crippen molar-refractivity contribution in [1.29, 1.82) is 0 Å². The molecule has 3 heteroatoms. The third-order valence-electron chi connectivity index (χ3n) is 2.63. The Morgan fingerprint density at radius 1 is 1.22 bits per heavy atom. The van der Waals surface area contributed by atoms with Crippen LogP contribution in [0, 0.1) is 0 Å². The summed E-state index contributed by atoms with van der Waals surface area (Å²) in [4.78, 5) is 13.8. The molecule has 1 aromatic carbocycles. The lowest BCUT2D eigenvalue weighted by Crippen LogP contribution is -2.45. The van der Waals surface area contributed by atoms with Gasteiger partial charge in [-0.3, -0.25) is 4.79 Å². The molecule has 0 aliphatic carbocycles. The number of amides is 1. The summed E-state index contributed by atoms with van der Waals surface area (Å²) in [5.41, 5.74) is 7.02. The van der Waals surface area contributed by atoms with Crippen molar-refractivity contribution in [3.63, 3.8) is 0 Å². The lowest BCUT2D eigenvalue weighted by molar-refractivity contribution is -0.131. The average molecular weight is 244 g/mol. The Bertz CT molecular complexity index is 390. The van der Waals surface area contributed by atoms with Gasteiger partial charge in [-0.05, 0) is 12.0 Å². The minimum atomic E-state index is -0.521. The van der Waals surface area contributed by atoms with E-state index in [2.05, 4.69) is 13.2 Å². The Kier molecular flexibility index (Phi) is 5.88. The number of carbonyl (C=O) groups excluding carboxylic acids is 1. The Hall–Kier alpha value is -1.87. The molecule has 0 unspecified atom stereocenters. The van der Waals surface area contributed by atoms with Crippen molar-refractivity contribution in [3.8, 4) is 0 Å². The first kappa shape index (κ1) is 14.2. The van der Waals surface area contributed by atoms with Gasteiger partial charge in [0.1, 0.15) is 0 Å². The van der Waals surface area contributed by atoms with E-state index in [0.717, 1.165) is 5.56 Å². The van der Waals surface area contributed by atoms with E-state index in [-0.39, 0.29) is 5.91 Å². The predicted octanol–water partition coefficient (Wildman–Crippen LogP) is 1.76. The molecule has 2 N–H and O–H groups in total. The van der Waals surface area contributed by atoms with Crippen molar-refractivity contribution in [1.82, 2.24) is 4.90 Å². The molecule has 0 aromatic heterocycles. The molecule has 0 saturated carbocycles. The molecule has 0 radical (unpaired) electrons. The van der Waals surface area contributed by atoms with Crippen LogP contribution in [0.3, 0.4) is 0 Å². The van der Waals surface area contributed by atoms with Crippen LogP contribution < -0.4 is 5.73 Å². The summed E-state index contributed by atoms with van der Waals surface area (Å²) in [5.74, 6) is -0.0707. The first-order chi connectivity index (χ1) is 8.69. The number of carbonyl (C=O) groups is 1. The SMILES string of the molecule is C=CCN(CC=C)C(=O)[C@H](N)Cc1ccccc1. The van der Waals surface area contributed by atoms with Crippen LogP contribution in [-0.2, 0) is 11.2 Å². The van der Waals surface area contributed by atoms with Crippen molar-refractivity contribution >= 4 is 5.91 Å². The molecule has 18 heavy (non-hydrogen) atoms. The van der Waals surface area contributed by atoms with Crippen LogP contribution in [0.1, 0.15) is 5.56 Å². The number of nitrogens with zero attached hydrogens (tertiary/aromatic N) is 1. The van der Waals surface area contributed by atoms with Crippen LogP contribution in [-0.4, -0.2) is 29.9 Å². The van der Waals surface area contributed by atoms with Crippen LogP contribution >= 0.6 is 0 Å². The number of hydrogen-bond donors (Lipinski definition) is 1. The van der Waals surface area contributed by atoms with Gasteiger partial charge in [0.05, 0.1) is 6.04 Å². The zero-order valence-corrected chi connectivity index (χ0v) is 10.6. The molecule has 3 nitrogen and oxygen atoms in total. The molecule has 0 fully saturated rings. The summed E-state index contributed by atoms with van der Waals surface area (Å²) in [6.45, 7) is 8.27. The Labute approximate surface area is 109 Å². The van der Waals surface area contributed by atoms with E-state index < -0.39 is 6.04 Å². The highest BCUT2D eigenvalue weighted by molar-refractivity contribution is 5.82. The van der Waals surface area contributed by atoms with E-state index in [1.165, 1.54) is 0 Å². The number of rotatable bonds is 7. The fourth-order valence-electron chi connectivity index (χ4n) is 1.76. The number of nitrogens with two attached hydrogens (primary N) is 1. The van der Waals surface area contributed by atoms with Crippen LogP contribution in [0.2, 0.25) is 0 Å². The van der Waals surface area contributed by atoms with Gasteiger partial charge in [0.2, 0.25) is 5.91 Å². The van der Waals surface area contributed by atoms with Gasteiger partial charge in [-0.1, -0.05) is 42.5 Å². The summed E-state index contributed by atoms with van der Waals surface area (Å²) in [5, 5.41) is 0. The molecule has 0 bridgehead atoms. The van der Waals surface area contributed by atoms with Gasteiger partial charge in [0.25, 0.3) is 0 Å². The minimum Gasteiger partial charge on any atom is -0.334 e. The molecule has 0 saturated heterocycles. The second-order valence-electron chi connectivity index (χ2n) is 4.12. The number of benzene rings is 1.